The molecule has 2 rings (SSSR count). The summed E-state index contributed by atoms with van der Waals surface area (Å²) in [6.45, 7) is 0.314. The van der Waals surface area contributed by atoms with Crippen LogP contribution in [0.5, 0.6) is 5.75 Å². The molecule has 95 valence electrons. The Hall–Kier alpha value is -1.69. The Morgan fingerprint density at radius 3 is 2.78 bits per heavy atom. The number of nitrogens with zero attached hydrogens (tertiary/aromatic N) is 2. The lowest BCUT2D eigenvalue weighted by atomic mass is 10.2. The molecular formula is C11H7ClF3N2O. The van der Waals surface area contributed by atoms with Crippen molar-refractivity contribution < 1.29 is 17.9 Å². The first kappa shape index (κ1) is 12.8. The Labute approximate surface area is 106 Å². The second-order valence-electron chi connectivity index (χ2n) is 3.45. The molecule has 7 heteroatoms. The van der Waals surface area contributed by atoms with E-state index in [1.807, 2.05) is 0 Å². The molecule has 0 bridgehead atoms. The summed E-state index contributed by atoms with van der Waals surface area (Å²) in [5, 5.41) is 3.81. The minimum Gasteiger partial charge on any atom is -0.404 e. The number of halogens is 4. The number of ether oxygens (including phenoxy) is 1. The SMILES string of the molecule is FC(F)(F)Oc1cc(Cn2c[c]cn2)ccc1Cl. The fraction of sp³-hybridized carbons (Fsp3) is 0.182. The van der Waals surface area contributed by atoms with Crippen molar-refractivity contribution in [1.29, 1.82) is 0 Å². The molecule has 0 amide bonds. The molecule has 0 unspecified atom stereocenters. The molecule has 18 heavy (non-hydrogen) atoms. The molecule has 0 atom stereocenters. The van der Waals surface area contributed by atoms with E-state index < -0.39 is 12.1 Å². The van der Waals surface area contributed by atoms with Gasteiger partial charge in [0.2, 0.25) is 0 Å². The van der Waals surface area contributed by atoms with E-state index in [-0.39, 0.29) is 5.02 Å². The summed E-state index contributed by atoms with van der Waals surface area (Å²) >= 11 is 5.63. The lowest BCUT2D eigenvalue weighted by molar-refractivity contribution is -0.274. The van der Waals surface area contributed by atoms with Gasteiger partial charge in [-0.3, -0.25) is 4.68 Å². The summed E-state index contributed by atoms with van der Waals surface area (Å²) in [4.78, 5) is 0. The molecule has 2 aromatic rings. The van der Waals surface area contributed by atoms with E-state index in [4.69, 9.17) is 11.6 Å². The van der Waals surface area contributed by atoms with Gasteiger partial charge in [-0.25, -0.2) is 0 Å². The Kier molecular flexibility index (Phi) is 3.47. The standard InChI is InChI=1S/C11H7ClF3N2O/c12-9-3-2-8(7-17-5-1-4-16-17)6-10(9)18-11(13,14)15/h2-6H,7H2. The lowest BCUT2D eigenvalue weighted by Crippen LogP contribution is -2.17. The zero-order valence-corrected chi connectivity index (χ0v) is 9.66. The van der Waals surface area contributed by atoms with Crippen LogP contribution in [0.3, 0.4) is 0 Å². The molecule has 0 saturated heterocycles. The van der Waals surface area contributed by atoms with Crippen molar-refractivity contribution in [2.24, 2.45) is 0 Å². The molecular weight excluding hydrogens is 269 g/mol. The van der Waals surface area contributed by atoms with Gasteiger partial charge in [-0.15, -0.1) is 13.2 Å². The lowest BCUT2D eigenvalue weighted by Gasteiger charge is -2.11. The Balaban J connectivity index is 2.21. The van der Waals surface area contributed by atoms with Crippen molar-refractivity contribution >= 4 is 11.6 Å². The minimum atomic E-state index is -4.76. The van der Waals surface area contributed by atoms with Crippen molar-refractivity contribution in [1.82, 2.24) is 9.78 Å². The number of aromatic nitrogens is 2. The quantitative estimate of drug-likeness (QED) is 0.859. The first-order valence-electron chi connectivity index (χ1n) is 4.87. The van der Waals surface area contributed by atoms with E-state index in [1.54, 1.807) is 12.3 Å². The molecule has 1 heterocycles. The van der Waals surface area contributed by atoms with Gasteiger partial charge in [-0.1, -0.05) is 17.7 Å². The third-order valence-electron chi connectivity index (χ3n) is 2.07. The molecule has 1 radical (unpaired) electrons. The van der Waals surface area contributed by atoms with Gasteiger partial charge in [-0.2, -0.15) is 5.10 Å². The largest absolute Gasteiger partial charge is 0.573 e. The number of alkyl halides is 3. The van der Waals surface area contributed by atoms with Crippen molar-refractivity contribution in [2.45, 2.75) is 12.9 Å². The fourth-order valence-electron chi connectivity index (χ4n) is 1.38. The van der Waals surface area contributed by atoms with Crippen LogP contribution in [0, 0.1) is 6.07 Å². The van der Waals surface area contributed by atoms with Gasteiger partial charge in [0, 0.05) is 12.3 Å². The van der Waals surface area contributed by atoms with E-state index in [9.17, 15) is 13.2 Å². The van der Waals surface area contributed by atoms with Crippen molar-refractivity contribution in [3.8, 4) is 5.75 Å². The zero-order chi connectivity index (χ0) is 13.2. The fourth-order valence-corrected chi connectivity index (χ4v) is 1.54. The molecule has 0 fully saturated rings. The highest BCUT2D eigenvalue weighted by Gasteiger charge is 2.32. The van der Waals surface area contributed by atoms with Crippen LogP contribution in [0.4, 0.5) is 13.2 Å². The number of benzene rings is 1. The second-order valence-corrected chi connectivity index (χ2v) is 3.86. The highest BCUT2D eigenvalue weighted by Crippen LogP contribution is 2.31. The van der Waals surface area contributed by atoms with Gasteiger partial charge in [0.15, 0.2) is 0 Å². The van der Waals surface area contributed by atoms with E-state index in [1.165, 1.54) is 23.0 Å². The normalized spacial score (nSPS) is 11.6. The zero-order valence-electron chi connectivity index (χ0n) is 8.91. The third-order valence-corrected chi connectivity index (χ3v) is 2.38. The number of rotatable bonds is 3. The summed E-state index contributed by atoms with van der Waals surface area (Å²) in [6, 6.07) is 6.92. The minimum absolute atomic E-state index is 0.0943. The number of hydrogen-bond donors (Lipinski definition) is 0. The highest BCUT2D eigenvalue weighted by atomic mass is 35.5. The average molecular weight is 276 g/mol. The van der Waals surface area contributed by atoms with Crippen LogP contribution in [-0.4, -0.2) is 16.1 Å². The van der Waals surface area contributed by atoms with E-state index in [0.29, 0.717) is 12.1 Å². The van der Waals surface area contributed by atoms with Gasteiger partial charge in [-0.05, 0) is 17.7 Å². The smallest absolute Gasteiger partial charge is 0.404 e. The van der Waals surface area contributed by atoms with Crippen molar-refractivity contribution in [3.63, 3.8) is 0 Å². The van der Waals surface area contributed by atoms with E-state index in [0.717, 1.165) is 0 Å². The average Bonchev–Trinajstić information content (AvgIpc) is 2.74. The van der Waals surface area contributed by atoms with Crippen molar-refractivity contribution in [3.05, 3.63) is 47.2 Å². The molecule has 1 aromatic heterocycles. The van der Waals surface area contributed by atoms with Crippen LogP contribution >= 0.6 is 11.6 Å². The van der Waals surface area contributed by atoms with Crippen molar-refractivity contribution in [2.75, 3.05) is 0 Å². The summed E-state index contributed by atoms with van der Waals surface area (Å²) in [5.74, 6) is -0.419. The van der Waals surface area contributed by atoms with E-state index in [2.05, 4.69) is 15.9 Å². The van der Waals surface area contributed by atoms with Crippen LogP contribution in [0.1, 0.15) is 5.56 Å². The van der Waals surface area contributed by atoms with Crippen LogP contribution in [0.15, 0.2) is 30.6 Å². The first-order valence-corrected chi connectivity index (χ1v) is 5.24. The third kappa shape index (κ3) is 3.40. The Morgan fingerprint density at radius 2 is 2.17 bits per heavy atom. The molecule has 0 spiro atoms. The van der Waals surface area contributed by atoms with Crippen LogP contribution in [0.2, 0.25) is 5.02 Å². The highest BCUT2D eigenvalue weighted by molar-refractivity contribution is 6.32. The Bertz CT molecular complexity index is 526. The topological polar surface area (TPSA) is 27.1 Å². The van der Waals surface area contributed by atoms with E-state index >= 15 is 0 Å². The van der Waals surface area contributed by atoms with Gasteiger partial charge >= 0.3 is 6.36 Å². The molecule has 3 nitrogen and oxygen atoms in total. The maximum absolute atomic E-state index is 12.1. The molecule has 0 N–H and O–H groups in total. The molecule has 0 aliphatic heterocycles. The summed E-state index contributed by atoms with van der Waals surface area (Å²) in [7, 11) is 0. The van der Waals surface area contributed by atoms with Gasteiger partial charge in [0.1, 0.15) is 5.75 Å². The summed E-state index contributed by atoms with van der Waals surface area (Å²) in [5.41, 5.74) is 0.593. The second kappa shape index (κ2) is 4.89. The van der Waals surface area contributed by atoms with Gasteiger partial charge in [0.25, 0.3) is 0 Å². The number of hydrogen-bond acceptors (Lipinski definition) is 2. The van der Waals surface area contributed by atoms with Gasteiger partial charge < -0.3 is 4.74 Å². The maximum atomic E-state index is 12.1. The molecule has 0 saturated carbocycles. The van der Waals surface area contributed by atoms with Crippen LogP contribution < -0.4 is 4.74 Å². The maximum Gasteiger partial charge on any atom is 0.573 e. The predicted octanol–water partition coefficient (Wildman–Crippen LogP) is 3.28. The summed E-state index contributed by atoms with van der Waals surface area (Å²) in [6.07, 6.45) is -1.72. The predicted molar refractivity (Wildman–Crippen MR) is 58.3 cm³/mol. The Morgan fingerprint density at radius 1 is 1.39 bits per heavy atom. The first-order chi connectivity index (χ1) is 8.44. The summed E-state index contributed by atoms with van der Waals surface area (Å²) < 4.78 is 41.7. The molecule has 1 aromatic carbocycles. The molecule has 0 aliphatic carbocycles. The van der Waals surface area contributed by atoms with Crippen LogP contribution in [0.25, 0.3) is 0 Å². The van der Waals surface area contributed by atoms with Gasteiger partial charge in [0.05, 0.1) is 17.8 Å². The monoisotopic (exact) mass is 275 g/mol. The van der Waals surface area contributed by atoms with Crippen LogP contribution in [-0.2, 0) is 6.54 Å². The molecule has 0 aliphatic rings.